The summed E-state index contributed by atoms with van der Waals surface area (Å²) in [6.45, 7) is 1.31. The molecule has 1 saturated heterocycles. The summed E-state index contributed by atoms with van der Waals surface area (Å²) in [5.41, 5.74) is 0.897. The molecular formula is C14H21N2NaO5S. The van der Waals surface area contributed by atoms with Gasteiger partial charge in [-0.3, -0.25) is 4.90 Å². The van der Waals surface area contributed by atoms with Crippen LogP contribution in [0.1, 0.15) is 5.56 Å². The molecule has 2 rings (SSSR count). The van der Waals surface area contributed by atoms with Crippen LogP contribution in [0.5, 0.6) is 0 Å². The zero-order valence-corrected chi connectivity index (χ0v) is 13.5. The third kappa shape index (κ3) is 6.78. The van der Waals surface area contributed by atoms with Crippen LogP contribution in [0.15, 0.2) is 30.3 Å². The molecular weight excluding hydrogens is 331 g/mol. The molecule has 7 nitrogen and oxygen atoms in total. The van der Waals surface area contributed by atoms with Gasteiger partial charge in [-0.25, -0.2) is 8.98 Å². The van der Waals surface area contributed by atoms with E-state index in [1.165, 1.54) is 4.90 Å². The van der Waals surface area contributed by atoms with Gasteiger partial charge in [-0.2, -0.15) is 8.42 Å². The molecule has 0 bridgehead atoms. The Morgan fingerprint density at radius 1 is 1.26 bits per heavy atom. The first-order valence-corrected chi connectivity index (χ1v) is 8.71. The fourth-order valence-electron chi connectivity index (χ4n) is 2.12. The molecule has 1 amide bonds. The summed E-state index contributed by atoms with van der Waals surface area (Å²) in [6, 6.07) is 9.36. The normalized spacial score (nSPS) is 19.0. The molecule has 0 aliphatic carbocycles. The molecule has 1 heterocycles. The molecule has 124 valence electrons. The number of carbonyl (C=O) groups excluding carboxylic acids is 1. The zero-order valence-electron chi connectivity index (χ0n) is 12.6. The molecule has 1 fully saturated rings. The van der Waals surface area contributed by atoms with Gasteiger partial charge in [-0.1, -0.05) is 30.3 Å². The Hall–Kier alpha value is -0.640. The standard InChI is InChI=1S/C14H20N2O5S.Na.H/c1-15-8-9-16(10-13(15)21-22(2,18)19)14(17)20-11-12-6-4-3-5-7-12;;/h3-7,13H,8-11H2,1-2H3;;. The number of rotatable bonds is 4. The van der Waals surface area contributed by atoms with E-state index in [9.17, 15) is 13.2 Å². The summed E-state index contributed by atoms with van der Waals surface area (Å²) in [5.74, 6) is 0. The molecule has 0 saturated carbocycles. The molecule has 1 aromatic rings. The van der Waals surface area contributed by atoms with Crippen LogP contribution in [-0.2, 0) is 25.6 Å². The van der Waals surface area contributed by atoms with E-state index in [2.05, 4.69) is 0 Å². The van der Waals surface area contributed by atoms with Crippen LogP contribution in [0.2, 0.25) is 0 Å². The Morgan fingerprint density at radius 3 is 2.52 bits per heavy atom. The first-order chi connectivity index (χ1) is 10.3. The van der Waals surface area contributed by atoms with E-state index in [4.69, 9.17) is 8.92 Å². The van der Waals surface area contributed by atoms with Gasteiger partial charge in [0.1, 0.15) is 12.8 Å². The van der Waals surface area contributed by atoms with Crippen molar-refractivity contribution >= 4 is 45.8 Å². The third-order valence-corrected chi connectivity index (χ3v) is 3.91. The number of benzene rings is 1. The van der Waals surface area contributed by atoms with Crippen molar-refractivity contribution in [3.05, 3.63) is 35.9 Å². The van der Waals surface area contributed by atoms with Crippen LogP contribution < -0.4 is 0 Å². The molecule has 1 unspecified atom stereocenters. The summed E-state index contributed by atoms with van der Waals surface area (Å²) in [6.07, 6.45) is -0.167. The van der Waals surface area contributed by atoms with Gasteiger partial charge in [0.25, 0.3) is 10.1 Å². The predicted octanol–water partition coefficient (Wildman–Crippen LogP) is 0.224. The quantitative estimate of drug-likeness (QED) is 0.570. The minimum atomic E-state index is -3.58. The predicted molar refractivity (Wildman–Crippen MR) is 87.7 cm³/mol. The van der Waals surface area contributed by atoms with Crippen molar-refractivity contribution in [1.82, 2.24) is 9.80 Å². The van der Waals surface area contributed by atoms with Crippen molar-refractivity contribution in [1.29, 1.82) is 0 Å². The van der Waals surface area contributed by atoms with Crippen molar-refractivity contribution in [3.8, 4) is 0 Å². The molecule has 1 aromatic carbocycles. The first-order valence-electron chi connectivity index (χ1n) is 6.89. The van der Waals surface area contributed by atoms with Crippen LogP contribution in [0.3, 0.4) is 0 Å². The van der Waals surface area contributed by atoms with Crippen molar-refractivity contribution < 1.29 is 22.1 Å². The second kappa shape index (κ2) is 9.00. The van der Waals surface area contributed by atoms with Crippen molar-refractivity contribution in [2.45, 2.75) is 12.8 Å². The molecule has 23 heavy (non-hydrogen) atoms. The average molecular weight is 352 g/mol. The monoisotopic (exact) mass is 352 g/mol. The Labute approximate surface area is 159 Å². The fraction of sp³-hybridized carbons (Fsp3) is 0.500. The number of nitrogens with zero attached hydrogens (tertiary/aromatic N) is 2. The van der Waals surface area contributed by atoms with Crippen molar-refractivity contribution in [3.63, 3.8) is 0 Å². The summed E-state index contributed by atoms with van der Waals surface area (Å²) in [5, 5.41) is 0. The van der Waals surface area contributed by atoms with Crippen molar-refractivity contribution in [2.24, 2.45) is 0 Å². The second-order valence-electron chi connectivity index (χ2n) is 5.22. The Bertz CT molecular complexity index is 611. The number of ether oxygens (including phenoxy) is 1. The number of hydrogen-bond acceptors (Lipinski definition) is 6. The van der Waals surface area contributed by atoms with Gasteiger partial charge in [0, 0.05) is 13.1 Å². The van der Waals surface area contributed by atoms with E-state index in [0.717, 1.165) is 11.8 Å². The molecule has 1 atom stereocenters. The summed E-state index contributed by atoms with van der Waals surface area (Å²) >= 11 is 0. The first kappa shape index (κ1) is 20.4. The van der Waals surface area contributed by atoms with Gasteiger partial charge in [-0.05, 0) is 12.6 Å². The van der Waals surface area contributed by atoms with E-state index in [1.807, 2.05) is 30.3 Å². The zero-order chi connectivity index (χ0) is 16.2. The van der Waals surface area contributed by atoms with Gasteiger partial charge in [-0.15, -0.1) is 0 Å². The molecule has 0 N–H and O–H groups in total. The average Bonchev–Trinajstić information content (AvgIpc) is 2.47. The van der Waals surface area contributed by atoms with Crippen LogP contribution in [-0.4, -0.2) is 93.0 Å². The van der Waals surface area contributed by atoms with E-state index >= 15 is 0 Å². The van der Waals surface area contributed by atoms with Gasteiger partial charge in [0.05, 0.1) is 12.8 Å². The molecule has 0 spiro atoms. The van der Waals surface area contributed by atoms with E-state index in [1.54, 1.807) is 11.9 Å². The van der Waals surface area contributed by atoms with Gasteiger partial charge >= 0.3 is 35.7 Å². The van der Waals surface area contributed by atoms with Crippen LogP contribution in [0, 0.1) is 0 Å². The van der Waals surface area contributed by atoms with Crippen LogP contribution >= 0.6 is 0 Å². The second-order valence-corrected chi connectivity index (χ2v) is 6.82. The molecule has 9 heteroatoms. The summed E-state index contributed by atoms with van der Waals surface area (Å²) < 4.78 is 32.7. The van der Waals surface area contributed by atoms with Crippen LogP contribution in [0.25, 0.3) is 0 Å². The number of hydrogen-bond donors (Lipinski definition) is 0. The van der Waals surface area contributed by atoms with Gasteiger partial charge < -0.3 is 9.64 Å². The SMILES string of the molecule is CN1CCN(C(=O)OCc2ccccc2)CC1OS(C)(=O)=O.[NaH]. The Kier molecular flexibility index (Phi) is 7.99. The van der Waals surface area contributed by atoms with Gasteiger partial charge in [0.15, 0.2) is 0 Å². The Morgan fingerprint density at radius 2 is 1.91 bits per heavy atom. The van der Waals surface area contributed by atoms with Gasteiger partial charge in [0.2, 0.25) is 0 Å². The number of piperazine rings is 1. The Balaban J connectivity index is 0.00000264. The topological polar surface area (TPSA) is 76.2 Å². The minimum absolute atomic E-state index is 0. The maximum absolute atomic E-state index is 12.1. The van der Waals surface area contributed by atoms with E-state index in [0.29, 0.717) is 13.1 Å². The third-order valence-electron chi connectivity index (χ3n) is 3.34. The molecule has 0 radical (unpaired) electrons. The molecule has 1 aliphatic heterocycles. The molecule has 1 aliphatic rings. The van der Waals surface area contributed by atoms with E-state index < -0.39 is 22.4 Å². The number of carbonyl (C=O) groups is 1. The van der Waals surface area contributed by atoms with Crippen molar-refractivity contribution in [2.75, 3.05) is 32.9 Å². The van der Waals surface area contributed by atoms with Crippen LogP contribution in [0.4, 0.5) is 4.79 Å². The summed E-state index contributed by atoms with van der Waals surface area (Å²) in [4.78, 5) is 15.3. The van der Waals surface area contributed by atoms with E-state index in [-0.39, 0.29) is 42.7 Å². The summed E-state index contributed by atoms with van der Waals surface area (Å²) in [7, 11) is -1.83. The maximum atomic E-state index is 12.1. The fourth-order valence-corrected chi connectivity index (χ4v) is 2.74. The molecule has 0 aromatic heterocycles. The number of amides is 1. The number of likely N-dealkylation sites (N-methyl/N-ethyl adjacent to an activating group) is 1.